The van der Waals surface area contributed by atoms with E-state index in [9.17, 15) is 4.39 Å². The fraction of sp³-hybridized carbons (Fsp3) is 0.167. The van der Waals surface area contributed by atoms with E-state index in [-0.39, 0.29) is 5.69 Å². The molecule has 0 unspecified atom stereocenters. The standard InChI is InChI=1S/C12H12ClFN4O/c1-15-11-10(19-2)12(17-6-16-11)18-9-5-7(13)3-4-8(9)14/h3-6H,1-2H3,(H2,15,16,17,18). The first-order valence-corrected chi connectivity index (χ1v) is 5.82. The minimum Gasteiger partial charge on any atom is -0.490 e. The van der Waals surface area contributed by atoms with Crippen LogP contribution in [0.4, 0.5) is 21.7 Å². The average Bonchev–Trinajstić information content (AvgIpc) is 2.42. The molecule has 0 aliphatic carbocycles. The van der Waals surface area contributed by atoms with Crippen molar-refractivity contribution in [3.05, 3.63) is 35.4 Å². The number of rotatable bonds is 4. The van der Waals surface area contributed by atoms with Gasteiger partial charge in [0, 0.05) is 12.1 Å². The van der Waals surface area contributed by atoms with E-state index >= 15 is 0 Å². The first-order chi connectivity index (χ1) is 9.15. The Balaban J connectivity index is 2.40. The Morgan fingerprint density at radius 3 is 2.68 bits per heavy atom. The molecule has 19 heavy (non-hydrogen) atoms. The van der Waals surface area contributed by atoms with Crippen LogP contribution in [0.25, 0.3) is 0 Å². The molecule has 0 bridgehead atoms. The van der Waals surface area contributed by atoms with Crippen molar-refractivity contribution in [2.45, 2.75) is 0 Å². The number of hydrogen-bond acceptors (Lipinski definition) is 5. The summed E-state index contributed by atoms with van der Waals surface area (Å²) < 4.78 is 18.9. The maximum Gasteiger partial charge on any atom is 0.204 e. The molecular weight excluding hydrogens is 271 g/mol. The first-order valence-electron chi connectivity index (χ1n) is 5.44. The Kier molecular flexibility index (Phi) is 4.01. The smallest absolute Gasteiger partial charge is 0.204 e. The predicted molar refractivity (Wildman–Crippen MR) is 72.8 cm³/mol. The molecule has 2 rings (SSSR count). The van der Waals surface area contributed by atoms with Gasteiger partial charge in [-0.1, -0.05) is 11.6 Å². The van der Waals surface area contributed by atoms with Crippen LogP contribution in [0.3, 0.4) is 0 Å². The lowest BCUT2D eigenvalue weighted by Gasteiger charge is -2.13. The van der Waals surface area contributed by atoms with Crippen LogP contribution in [-0.2, 0) is 0 Å². The number of benzene rings is 1. The Hall–Kier alpha value is -2.08. The van der Waals surface area contributed by atoms with Crippen LogP contribution >= 0.6 is 11.6 Å². The van der Waals surface area contributed by atoms with Gasteiger partial charge in [0.05, 0.1) is 12.8 Å². The largest absolute Gasteiger partial charge is 0.490 e. The van der Waals surface area contributed by atoms with Gasteiger partial charge in [-0.15, -0.1) is 0 Å². The highest BCUT2D eigenvalue weighted by Crippen LogP contribution is 2.32. The van der Waals surface area contributed by atoms with Gasteiger partial charge in [-0.2, -0.15) is 0 Å². The number of methoxy groups -OCH3 is 1. The van der Waals surface area contributed by atoms with Gasteiger partial charge in [0.1, 0.15) is 12.1 Å². The number of aromatic nitrogens is 2. The lowest BCUT2D eigenvalue weighted by molar-refractivity contribution is 0.415. The fourth-order valence-corrected chi connectivity index (χ4v) is 1.73. The Labute approximate surface area is 114 Å². The molecule has 2 N–H and O–H groups in total. The van der Waals surface area contributed by atoms with Crippen molar-refractivity contribution in [3.63, 3.8) is 0 Å². The van der Waals surface area contributed by atoms with Crippen LogP contribution in [0.2, 0.25) is 5.02 Å². The van der Waals surface area contributed by atoms with Gasteiger partial charge >= 0.3 is 0 Å². The quantitative estimate of drug-likeness (QED) is 0.902. The van der Waals surface area contributed by atoms with Crippen molar-refractivity contribution < 1.29 is 9.13 Å². The second-order valence-electron chi connectivity index (χ2n) is 3.60. The maximum atomic E-state index is 13.7. The zero-order valence-corrected chi connectivity index (χ0v) is 11.1. The molecule has 2 aromatic rings. The second-order valence-corrected chi connectivity index (χ2v) is 4.04. The molecule has 0 amide bonds. The highest BCUT2D eigenvalue weighted by molar-refractivity contribution is 6.30. The van der Waals surface area contributed by atoms with E-state index in [4.69, 9.17) is 16.3 Å². The summed E-state index contributed by atoms with van der Waals surface area (Å²) in [5, 5.41) is 6.12. The van der Waals surface area contributed by atoms with Gasteiger partial charge in [0.15, 0.2) is 11.6 Å². The number of hydrogen-bond donors (Lipinski definition) is 2. The summed E-state index contributed by atoms with van der Waals surface area (Å²) in [6.45, 7) is 0. The highest BCUT2D eigenvalue weighted by atomic mass is 35.5. The molecule has 5 nitrogen and oxygen atoms in total. The van der Waals surface area contributed by atoms with Crippen LogP contribution in [0.5, 0.6) is 5.75 Å². The normalized spacial score (nSPS) is 10.1. The third-order valence-electron chi connectivity index (χ3n) is 2.43. The third kappa shape index (κ3) is 2.85. The van der Waals surface area contributed by atoms with Crippen molar-refractivity contribution in [1.82, 2.24) is 9.97 Å². The molecule has 1 aromatic heterocycles. The zero-order chi connectivity index (χ0) is 13.8. The summed E-state index contributed by atoms with van der Waals surface area (Å²) in [4.78, 5) is 8.03. The summed E-state index contributed by atoms with van der Waals surface area (Å²) >= 11 is 5.83. The lowest BCUT2D eigenvalue weighted by atomic mass is 10.3. The van der Waals surface area contributed by atoms with E-state index in [1.807, 2.05) is 0 Å². The van der Waals surface area contributed by atoms with Crippen molar-refractivity contribution in [1.29, 1.82) is 0 Å². The number of nitrogens with zero attached hydrogens (tertiary/aromatic N) is 2. The zero-order valence-electron chi connectivity index (χ0n) is 10.4. The number of nitrogens with one attached hydrogen (secondary N) is 2. The molecule has 0 aliphatic heterocycles. The molecule has 0 atom stereocenters. The molecule has 0 spiro atoms. The Morgan fingerprint density at radius 1 is 1.26 bits per heavy atom. The van der Waals surface area contributed by atoms with Gasteiger partial charge in [-0.25, -0.2) is 14.4 Å². The van der Waals surface area contributed by atoms with E-state index in [1.165, 1.54) is 31.6 Å². The lowest BCUT2D eigenvalue weighted by Crippen LogP contribution is -2.04. The molecule has 7 heteroatoms. The summed E-state index contributed by atoms with van der Waals surface area (Å²) in [7, 11) is 3.19. The number of ether oxygens (including phenoxy) is 1. The summed E-state index contributed by atoms with van der Waals surface area (Å²) in [5.41, 5.74) is 0.214. The molecule has 0 aliphatic rings. The highest BCUT2D eigenvalue weighted by Gasteiger charge is 2.13. The van der Waals surface area contributed by atoms with Crippen molar-refractivity contribution in [2.24, 2.45) is 0 Å². The molecular formula is C12H12ClFN4O. The molecule has 1 heterocycles. The van der Waals surface area contributed by atoms with Gasteiger partial charge in [0.25, 0.3) is 0 Å². The summed E-state index contributed by atoms with van der Waals surface area (Å²) in [6, 6.07) is 4.22. The van der Waals surface area contributed by atoms with Crippen molar-refractivity contribution in [2.75, 3.05) is 24.8 Å². The average molecular weight is 283 g/mol. The van der Waals surface area contributed by atoms with Gasteiger partial charge in [0.2, 0.25) is 5.75 Å². The summed E-state index contributed by atoms with van der Waals surface area (Å²) in [5.74, 6) is 0.811. The Bertz CT molecular complexity index is 594. The van der Waals surface area contributed by atoms with Gasteiger partial charge in [-0.3, -0.25) is 0 Å². The SMILES string of the molecule is CNc1ncnc(Nc2cc(Cl)ccc2F)c1OC. The number of anilines is 3. The Morgan fingerprint density at radius 2 is 2.00 bits per heavy atom. The van der Waals surface area contributed by atoms with Gasteiger partial charge in [-0.05, 0) is 18.2 Å². The van der Waals surface area contributed by atoms with E-state index in [0.717, 1.165) is 0 Å². The number of halogens is 2. The topological polar surface area (TPSA) is 59.1 Å². The monoisotopic (exact) mass is 282 g/mol. The van der Waals surface area contributed by atoms with Crippen molar-refractivity contribution >= 4 is 28.9 Å². The third-order valence-corrected chi connectivity index (χ3v) is 2.66. The van der Waals surface area contributed by atoms with Crippen LogP contribution in [0.15, 0.2) is 24.5 Å². The minimum atomic E-state index is -0.434. The maximum absolute atomic E-state index is 13.7. The van der Waals surface area contributed by atoms with Crippen molar-refractivity contribution in [3.8, 4) is 5.75 Å². The molecule has 0 saturated carbocycles. The first kappa shape index (κ1) is 13.4. The molecule has 0 radical (unpaired) electrons. The molecule has 0 saturated heterocycles. The second kappa shape index (κ2) is 5.71. The predicted octanol–water partition coefficient (Wildman–Crippen LogP) is 3.06. The summed E-state index contributed by atoms with van der Waals surface area (Å²) in [6.07, 6.45) is 1.35. The van der Waals surface area contributed by atoms with Crippen LogP contribution < -0.4 is 15.4 Å². The molecule has 100 valence electrons. The van der Waals surface area contributed by atoms with E-state index < -0.39 is 5.82 Å². The van der Waals surface area contributed by atoms with E-state index in [0.29, 0.717) is 22.4 Å². The van der Waals surface area contributed by atoms with E-state index in [2.05, 4.69) is 20.6 Å². The van der Waals surface area contributed by atoms with E-state index in [1.54, 1.807) is 7.05 Å². The van der Waals surface area contributed by atoms with Gasteiger partial charge < -0.3 is 15.4 Å². The molecule has 1 aromatic carbocycles. The fourth-order valence-electron chi connectivity index (χ4n) is 1.56. The minimum absolute atomic E-state index is 0.214. The van der Waals surface area contributed by atoms with Crippen LogP contribution in [0, 0.1) is 5.82 Å². The van der Waals surface area contributed by atoms with Crippen LogP contribution in [0.1, 0.15) is 0 Å². The molecule has 0 fully saturated rings. The van der Waals surface area contributed by atoms with Crippen LogP contribution in [-0.4, -0.2) is 24.1 Å².